The Kier molecular flexibility index (Phi) is 35.4. The average Bonchev–Trinajstić information content (AvgIpc) is 1.61. The van der Waals surface area contributed by atoms with Gasteiger partial charge in [-0.1, -0.05) is 140 Å². The molecule has 15 rings (SSSR count). The molecule has 3 aromatic heterocycles. The third-order valence-electron chi connectivity index (χ3n) is 27.0. The van der Waals surface area contributed by atoms with Gasteiger partial charge in [0.05, 0.1) is 77.4 Å². The van der Waals surface area contributed by atoms with Gasteiger partial charge in [0.2, 0.25) is 35.4 Å². The molecule has 3 aromatic carbocycles. The van der Waals surface area contributed by atoms with Gasteiger partial charge < -0.3 is 77.0 Å². The summed E-state index contributed by atoms with van der Waals surface area (Å²) in [5.41, 5.74) is 0.816. The maximum atomic E-state index is 14.0. The van der Waals surface area contributed by atoms with Crippen LogP contribution in [0.1, 0.15) is 229 Å². The molecule has 6 aromatic rings. The Morgan fingerprint density at radius 3 is 1.14 bits per heavy atom. The summed E-state index contributed by atoms with van der Waals surface area (Å²) in [7, 11) is 0. The van der Waals surface area contributed by atoms with Crippen molar-refractivity contribution in [3.63, 3.8) is 0 Å². The third kappa shape index (κ3) is 27.4. The van der Waals surface area contributed by atoms with E-state index in [-0.39, 0.29) is 158 Å². The molecule has 6 aliphatic heterocycles. The first-order chi connectivity index (χ1) is 62.0. The van der Waals surface area contributed by atoms with Crippen molar-refractivity contribution in [2.45, 2.75) is 311 Å². The predicted octanol–water partition coefficient (Wildman–Crippen LogP) is 16.7. The Hall–Kier alpha value is -8.77. The number of rotatable bonds is 6. The standard InChI is InChI=1S/C32H40F3N4O6.C32H39F3N3O6.C31H37F3N3O6.3V/c1-18-24(17-40)39-16-26(18)43-28-22(36-21-14-13-20(15-23(21)37-28)45-32(33,34)35)11-7-5-6-9-19-10-8-12-25(19)44-30(42)38-27(29(39)41)31(2,3)4;1-18-25(17-39)38-16-26(18)42-28-23(36-22-12-11-20(13-24(22)37-28)43-32(33,34)35)10-8-6-7-9-19-15-31(19,5)44-27(40)14-21(29(38)41)30(2,3)4;1-17-24(16-38)37-15-26(17)42-28-22(35-21-11-10-19(13-23(21)36-28)43-31(32,33)34)9-7-5-6-8-18-12-25(18)41-27(39)14-20(29(37)40)30(2,3)4;;;/h13-15,18-19,24-27H,5-12,16H2,1-4H3,(H,38,42);11-13,18-19,21,25-26H,6-10,14-16H2,1-5H3;10-11,13,17-18,20,24-26H,5-9,12,14-15H2,1-4H3;;;/q3*-1;;;/t18-,19+,24+,25+,26-,27+;18-,19+,21+,25+,26-,31+;17-,18+,20+,24+,25+,26-;;;/m000.../s1. The maximum Gasteiger partial charge on any atom is 0.573 e. The number of benzene rings is 3. The molecule has 3 saturated carbocycles. The van der Waals surface area contributed by atoms with Crippen molar-refractivity contribution in [1.29, 1.82) is 0 Å². The summed E-state index contributed by atoms with van der Waals surface area (Å²) in [5, 5.41) is 2.79. The molecule has 0 spiro atoms. The van der Waals surface area contributed by atoms with Crippen LogP contribution in [-0.2, 0) is 127 Å². The van der Waals surface area contributed by atoms with E-state index in [9.17, 15) is 82.7 Å². The molecule has 9 aliphatic rings. The van der Waals surface area contributed by atoms with Gasteiger partial charge in [-0.15, -0.1) is 39.5 Å². The van der Waals surface area contributed by atoms with Crippen LogP contribution in [-0.4, -0.2) is 198 Å². The Morgan fingerprint density at radius 2 is 0.770 bits per heavy atom. The van der Waals surface area contributed by atoms with E-state index in [1.165, 1.54) is 51.1 Å². The van der Waals surface area contributed by atoms with E-state index in [0.717, 1.165) is 127 Å². The third-order valence-corrected chi connectivity index (χ3v) is 27.0. The average molecular weight is 2010 g/mol. The largest absolute Gasteiger partial charge is 0.573 e. The topological polar surface area (TPSA) is 336 Å². The van der Waals surface area contributed by atoms with Crippen LogP contribution in [0.25, 0.3) is 33.1 Å². The molecule has 6 fully saturated rings. The first-order valence-electron chi connectivity index (χ1n) is 45.7. The van der Waals surface area contributed by atoms with Crippen LogP contribution in [0.2, 0.25) is 0 Å². The minimum absolute atomic E-state index is 0. The number of hydrogen-bond donors (Lipinski definition) is 1. The minimum atomic E-state index is -4.87. The number of esters is 2. The van der Waals surface area contributed by atoms with Crippen molar-refractivity contribution >= 4 is 87.7 Å². The molecule has 18 atom stereocenters. The van der Waals surface area contributed by atoms with Gasteiger partial charge in [-0.2, -0.15) is 0 Å². The predicted molar refractivity (Wildman–Crippen MR) is 459 cm³/mol. The van der Waals surface area contributed by atoms with Crippen molar-refractivity contribution in [2.24, 2.45) is 63.6 Å². The van der Waals surface area contributed by atoms with Crippen molar-refractivity contribution < 1.29 is 181 Å². The van der Waals surface area contributed by atoms with E-state index < -0.39 is 154 Å². The Morgan fingerprint density at radius 1 is 0.407 bits per heavy atom. The molecule has 735 valence electrons. The second-order valence-electron chi connectivity index (χ2n) is 40.1. The molecule has 9 heterocycles. The maximum absolute atomic E-state index is 14.0. The number of aromatic nitrogens is 6. The number of hydrogen-bond acceptors (Lipinski definition) is 24. The van der Waals surface area contributed by atoms with Gasteiger partial charge in [-0.25, -0.2) is 53.6 Å². The van der Waals surface area contributed by atoms with Crippen LogP contribution >= 0.6 is 0 Å². The second-order valence-corrected chi connectivity index (χ2v) is 40.1. The first-order valence-corrected chi connectivity index (χ1v) is 45.7. The zero-order chi connectivity index (χ0) is 95.6. The number of carbonyl (C=O) groups excluding carboxylic acids is 9. The van der Waals surface area contributed by atoms with Crippen LogP contribution in [0.4, 0.5) is 44.3 Å². The first kappa shape index (κ1) is 108. The van der Waals surface area contributed by atoms with Crippen molar-refractivity contribution in [1.82, 2.24) is 49.9 Å². The molecular weight excluding hydrogens is 1890 g/mol. The number of fused-ring (bicyclic) bond motifs is 15. The van der Waals surface area contributed by atoms with E-state index >= 15 is 0 Å². The number of ether oxygens (including phenoxy) is 9. The molecule has 40 heteroatoms. The Balaban J connectivity index is 0.000000207. The number of amides is 4. The smallest absolute Gasteiger partial charge is 0.540 e. The van der Waals surface area contributed by atoms with Crippen molar-refractivity contribution in [3.8, 4) is 34.9 Å². The van der Waals surface area contributed by atoms with Gasteiger partial charge in [0.25, 0.3) is 0 Å². The summed E-state index contributed by atoms with van der Waals surface area (Å²) in [6.07, 6.45) is 4.25. The summed E-state index contributed by atoms with van der Waals surface area (Å²) in [6.45, 7) is 24.0. The SMILES string of the molecule is C[C@@H]1[C@@H]2CN(C(=O)[C@H](C(C)(C)C)CC(=O)O[C@@H]3C[C@H]3CCCCCc3nc4ccc(OC(F)(F)F)cc4nc3O2)[C@@H]1[C-]=O.C[C@@H]1[C@@H]2CN(C(=O)[C@H](C(C)(C)C)CC(=O)O[C@]3(C)C[C@H]3CCCCCc3nc4ccc(OC(F)(F)F)cc4nc3O2)[C@@H]1[C-]=O.C[C@@H]1[C@@H]2CN(C(=O)[C@H](C(C)(C)C)NC(=O)O[C@@H]3CCC[C@H]3CCCCCc3nc4ccc(OC(F)(F)F)cc4nc3O2)[C@@H]1[C-]=O.[V].[V].[V]. The zero-order valence-corrected chi connectivity index (χ0v) is 82.0. The molecule has 3 radical (unpaired) electrons. The van der Waals surface area contributed by atoms with Crippen LogP contribution in [0.15, 0.2) is 54.6 Å². The monoisotopic (exact) mass is 2010 g/mol. The molecule has 0 unspecified atom stereocenters. The summed E-state index contributed by atoms with van der Waals surface area (Å²) < 4.78 is 165. The second kappa shape index (κ2) is 44.2. The minimum Gasteiger partial charge on any atom is -0.540 e. The summed E-state index contributed by atoms with van der Waals surface area (Å²) in [4.78, 5) is 150. The molecule has 135 heavy (non-hydrogen) atoms. The van der Waals surface area contributed by atoms with Gasteiger partial charge in [-0.3, -0.25) is 24.0 Å². The van der Waals surface area contributed by atoms with E-state index in [1.54, 1.807) is 20.8 Å². The van der Waals surface area contributed by atoms with Gasteiger partial charge in [0.1, 0.15) is 76.5 Å². The number of alkyl halides is 9. The normalized spacial score (nSPS) is 28.7. The van der Waals surface area contributed by atoms with Gasteiger partial charge in [0, 0.05) is 79.8 Å². The molecule has 1 N–H and O–H groups in total. The summed E-state index contributed by atoms with van der Waals surface area (Å²) in [5.74, 6) is -5.10. The summed E-state index contributed by atoms with van der Waals surface area (Å²) >= 11 is 0. The number of nitrogens with zero attached hydrogens (tertiary/aromatic N) is 9. The number of aryl methyl sites for hydroxylation is 3. The number of halogens is 9. The van der Waals surface area contributed by atoms with Crippen LogP contribution < -0.4 is 33.7 Å². The summed E-state index contributed by atoms with van der Waals surface area (Å²) in [6, 6.07) is 7.50. The number of carbonyl (C=O) groups is 6. The van der Waals surface area contributed by atoms with Gasteiger partial charge in [0.15, 0.2) is 0 Å². The van der Waals surface area contributed by atoms with Gasteiger partial charge in [-0.05, 0) is 179 Å². The number of nitrogens with one attached hydrogen (secondary N) is 1. The molecule has 3 saturated heterocycles. The fourth-order valence-electron chi connectivity index (χ4n) is 19.1. The van der Waals surface area contributed by atoms with Crippen LogP contribution in [0, 0.1) is 63.6 Å². The fraction of sp³-hybridized carbons (Fsp3) is 0.653. The van der Waals surface area contributed by atoms with Crippen LogP contribution in [0.3, 0.4) is 0 Å². The molecular formula is C95H116F9N10O18V3-3. The van der Waals surface area contributed by atoms with E-state index in [4.69, 9.17) is 38.4 Å². The van der Waals surface area contributed by atoms with Crippen molar-refractivity contribution in [3.05, 3.63) is 71.7 Å². The molecule has 28 nitrogen and oxygen atoms in total. The van der Waals surface area contributed by atoms with Crippen molar-refractivity contribution in [2.75, 3.05) is 19.6 Å². The quantitative estimate of drug-likeness (QED) is 0.0700. The zero-order valence-electron chi connectivity index (χ0n) is 77.8. The fourth-order valence-corrected chi connectivity index (χ4v) is 19.1. The van der Waals surface area contributed by atoms with Crippen LogP contribution in [0.5, 0.6) is 34.9 Å². The molecule has 3 aliphatic carbocycles. The van der Waals surface area contributed by atoms with E-state index in [0.29, 0.717) is 58.8 Å². The van der Waals surface area contributed by atoms with Gasteiger partial charge >= 0.3 is 37.1 Å². The van der Waals surface area contributed by atoms with E-state index in [1.807, 2.05) is 88.1 Å². The Bertz CT molecular complexity index is 5240. The molecule has 4 amide bonds. The molecule has 6 bridgehead atoms. The van der Waals surface area contributed by atoms with E-state index in [2.05, 4.69) is 39.5 Å². The number of alkyl carbamates (subject to hydrolysis) is 1. The Labute approximate surface area is 814 Å².